The summed E-state index contributed by atoms with van der Waals surface area (Å²) in [6.45, 7) is 3.57. The van der Waals surface area contributed by atoms with Crippen LogP contribution in [-0.2, 0) is 10.1 Å². The van der Waals surface area contributed by atoms with Crippen LogP contribution in [0.3, 0.4) is 0 Å². The van der Waals surface area contributed by atoms with E-state index in [0.29, 0.717) is 11.3 Å². The van der Waals surface area contributed by atoms with E-state index >= 15 is 0 Å². The normalized spacial score (nSPS) is 11.9. The molecule has 0 amide bonds. The third-order valence-corrected chi connectivity index (χ3v) is 6.06. The lowest BCUT2D eigenvalue weighted by Gasteiger charge is -2.15. The van der Waals surface area contributed by atoms with Gasteiger partial charge in [0, 0.05) is 5.39 Å². The van der Waals surface area contributed by atoms with Gasteiger partial charge < -0.3 is 10.4 Å². The Kier molecular flexibility index (Phi) is 6.36. The first-order valence-electron chi connectivity index (χ1n) is 9.62. The molecule has 0 fully saturated rings. The number of phenolic OH excluding ortho intramolecular Hbond substituents is 1. The summed E-state index contributed by atoms with van der Waals surface area (Å²) in [4.78, 5) is 11.1. The van der Waals surface area contributed by atoms with E-state index in [0.717, 1.165) is 5.56 Å². The van der Waals surface area contributed by atoms with E-state index in [1.807, 2.05) is 19.1 Å². The lowest BCUT2D eigenvalue weighted by Crippen LogP contribution is -2.03. The van der Waals surface area contributed by atoms with Gasteiger partial charge in [0.2, 0.25) is 16.5 Å². The van der Waals surface area contributed by atoms with Crippen LogP contribution in [0.4, 0.5) is 23.0 Å². The Morgan fingerprint density at radius 1 is 0.941 bits per heavy atom. The summed E-state index contributed by atoms with van der Waals surface area (Å²) in [6.07, 6.45) is 0. The molecule has 1 aromatic heterocycles. The Balaban J connectivity index is 1.93. The molecule has 3 aromatic carbocycles. The number of aryl methyl sites for hydroxylation is 2. The van der Waals surface area contributed by atoms with E-state index < -0.39 is 15.0 Å². The van der Waals surface area contributed by atoms with Crippen LogP contribution in [0.5, 0.6) is 5.75 Å². The zero-order chi connectivity index (χ0) is 24.6. The number of aromatic hydroxyl groups is 1. The van der Waals surface area contributed by atoms with Gasteiger partial charge in [0.25, 0.3) is 10.1 Å². The van der Waals surface area contributed by atoms with Gasteiger partial charge in [-0.25, -0.2) is 0 Å². The molecule has 0 unspecified atom stereocenters. The lowest BCUT2D eigenvalue weighted by atomic mass is 10.0. The van der Waals surface area contributed by atoms with Crippen molar-refractivity contribution in [2.45, 2.75) is 18.7 Å². The van der Waals surface area contributed by atoms with E-state index in [1.54, 1.807) is 19.1 Å². The van der Waals surface area contributed by atoms with Crippen molar-refractivity contribution in [3.63, 3.8) is 0 Å². The summed E-state index contributed by atoms with van der Waals surface area (Å²) in [6, 6.07) is 11.2. The van der Waals surface area contributed by atoms with Crippen molar-refractivity contribution in [1.29, 1.82) is 0 Å². The van der Waals surface area contributed by atoms with E-state index in [1.165, 1.54) is 18.2 Å². The summed E-state index contributed by atoms with van der Waals surface area (Å²) in [7, 11) is -4.61. The minimum Gasteiger partial charge on any atom is -0.505 e. The van der Waals surface area contributed by atoms with Crippen molar-refractivity contribution in [2.24, 2.45) is 10.2 Å². The maximum Gasteiger partial charge on any atom is 0.295 e. The zero-order valence-corrected chi connectivity index (χ0v) is 20.0. The molecule has 4 aromatic rings. The first kappa shape index (κ1) is 23.8. The number of aromatic nitrogens is 3. The predicted octanol–water partition coefficient (Wildman–Crippen LogP) is 6.06. The number of rotatable bonds is 5. The highest BCUT2D eigenvalue weighted by molar-refractivity contribution is 7.86. The molecular formula is C21H16Cl2N6O4S. The molecule has 0 aliphatic rings. The molecule has 0 aliphatic heterocycles. The highest BCUT2D eigenvalue weighted by Crippen LogP contribution is 2.44. The maximum absolute atomic E-state index is 12.0. The topological polar surface area (TPSA) is 150 Å². The molecule has 0 radical (unpaired) electrons. The number of nitrogens with zero attached hydrogens (tertiary/aromatic N) is 5. The van der Waals surface area contributed by atoms with Crippen molar-refractivity contribution in [3.05, 3.63) is 64.2 Å². The first-order valence-corrected chi connectivity index (χ1v) is 11.8. The number of halogens is 2. The zero-order valence-electron chi connectivity index (χ0n) is 17.7. The summed E-state index contributed by atoms with van der Waals surface area (Å²) >= 11 is 11.7. The largest absolute Gasteiger partial charge is 0.505 e. The van der Waals surface area contributed by atoms with Gasteiger partial charge in [-0.15, -0.1) is 5.11 Å². The van der Waals surface area contributed by atoms with Crippen LogP contribution in [0.25, 0.3) is 10.8 Å². The highest BCUT2D eigenvalue weighted by Gasteiger charge is 2.22. The number of fused-ring (bicyclic) bond motifs is 1. The molecule has 0 spiro atoms. The van der Waals surface area contributed by atoms with Crippen LogP contribution >= 0.6 is 23.2 Å². The number of phenols is 1. The summed E-state index contributed by atoms with van der Waals surface area (Å²) < 4.78 is 33.7. The maximum atomic E-state index is 12.0. The molecule has 0 bridgehead atoms. The molecule has 13 heteroatoms. The van der Waals surface area contributed by atoms with E-state index in [-0.39, 0.29) is 44.4 Å². The molecule has 34 heavy (non-hydrogen) atoms. The second-order valence-electron chi connectivity index (χ2n) is 7.26. The van der Waals surface area contributed by atoms with Crippen molar-refractivity contribution < 1.29 is 18.1 Å². The van der Waals surface area contributed by atoms with E-state index in [2.05, 4.69) is 30.5 Å². The Labute approximate surface area is 204 Å². The van der Waals surface area contributed by atoms with Gasteiger partial charge >= 0.3 is 0 Å². The summed E-state index contributed by atoms with van der Waals surface area (Å²) in [5, 5.41) is 22.0. The van der Waals surface area contributed by atoms with Crippen LogP contribution in [0.1, 0.15) is 11.1 Å². The third kappa shape index (κ3) is 4.92. The molecule has 1 heterocycles. The number of nitrogens with one attached hydrogen (secondary N) is 1. The quantitative estimate of drug-likeness (QED) is 0.213. The minimum absolute atomic E-state index is 0.0336. The number of hydrogen-bond donors (Lipinski definition) is 3. The third-order valence-electron chi connectivity index (χ3n) is 4.81. The fourth-order valence-corrected chi connectivity index (χ4v) is 4.31. The minimum atomic E-state index is -4.61. The lowest BCUT2D eigenvalue weighted by molar-refractivity contribution is 0.482. The van der Waals surface area contributed by atoms with Gasteiger partial charge in [0.1, 0.15) is 10.6 Å². The number of hydrogen-bond acceptors (Lipinski definition) is 9. The van der Waals surface area contributed by atoms with Crippen molar-refractivity contribution in [2.75, 3.05) is 5.32 Å². The van der Waals surface area contributed by atoms with Crippen molar-refractivity contribution in [3.8, 4) is 5.75 Å². The van der Waals surface area contributed by atoms with Gasteiger partial charge in [0.15, 0.2) is 5.75 Å². The molecule has 0 saturated heterocycles. The monoisotopic (exact) mass is 518 g/mol. The van der Waals surface area contributed by atoms with Crippen LogP contribution in [0.15, 0.2) is 57.6 Å². The van der Waals surface area contributed by atoms with Crippen LogP contribution in [0.2, 0.25) is 10.6 Å². The molecule has 0 atom stereocenters. The summed E-state index contributed by atoms with van der Waals surface area (Å²) in [5.41, 5.74) is 2.34. The SMILES string of the molecule is Cc1ccc(N=Nc2c(C)cc3c(S(=O)(=O)O)ccc(Nc4nc(Cl)nc(Cl)n4)c3c2O)cc1. The molecular weight excluding hydrogens is 503 g/mol. The standard InChI is InChI=1S/C21H16Cl2N6O4S/c1-10-3-5-12(6-4-10)28-29-17-11(2)9-13-15(34(31,32)33)8-7-14(16(13)18(17)30)24-21-26-19(22)25-20(23)27-21/h3-9,30H,1-2H3,(H,31,32,33)(H,24,25,26,27). The fourth-order valence-electron chi connectivity index (χ4n) is 3.27. The van der Waals surface area contributed by atoms with E-state index in [4.69, 9.17) is 23.2 Å². The predicted molar refractivity (Wildman–Crippen MR) is 129 cm³/mol. The van der Waals surface area contributed by atoms with Gasteiger partial charge in [0.05, 0.1) is 16.8 Å². The average Bonchev–Trinajstić information content (AvgIpc) is 2.73. The van der Waals surface area contributed by atoms with Gasteiger partial charge in [-0.3, -0.25) is 4.55 Å². The number of anilines is 2. The molecule has 3 N–H and O–H groups in total. The van der Waals surface area contributed by atoms with Crippen LogP contribution in [-0.4, -0.2) is 33.0 Å². The molecule has 4 rings (SSSR count). The Morgan fingerprint density at radius 2 is 1.59 bits per heavy atom. The van der Waals surface area contributed by atoms with Gasteiger partial charge in [-0.05, 0) is 72.9 Å². The van der Waals surface area contributed by atoms with Gasteiger partial charge in [-0.1, -0.05) is 17.7 Å². The second kappa shape index (κ2) is 9.11. The van der Waals surface area contributed by atoms with Crippen LogP contribution in [0, 0.1) is 13.8 Å². The van der Waals surface area contributed by atoms with Crippen molar-refractivity contribution in [1.82, 2.24) is 15.0 Å². The molecule has 0 saturated carbocycles. The smallest absolute Gasteiger partial charge is 0.295 e. The average molecular weight is 519 g/mol. The first-order chi connectivity index (χ1) is 16.0. The molecule has 0 aliphatic carbocycles. The number of benzene rings is 3. The molecule has 174 valence electrons. The summed E-state index contributed by atoms with van der Waals surface area (Å²) in [5.74, 6) is -0.418. The highest BCUT2D eigenvalue weighted by atomic mass is 35.5. The Hall–Kier alpha value is -3.38. The van der Waals surface area contributed by atoms with Crippen LogP contribution < -0.4 is 5.32 Å². The molecule has 10 nitrogen and oxygen atoms in total. The fraction of sp³-hybridized carbons (Fsp3) is 0.0952. The van der Waals surface area contributed by atoms with Gasteiger partial charge in [-0.2, -0.15) is 28.5 Å². The van der Waals surface area contributed by atoms with Crippen molar-refractivity contribution >= 4 is 67.1 Å². The second-order valence-corrected chi connectivity index (χ2v) is 9.32. The Bertz CT molecular complexity index is 1540. The number of azo groups is 1. The Morgan fingerprint density at radius 3 is 2.21 bits per heavy atom. The van der Waals surface area contributed by atoms with E-state index in [9.17, 15) is 18.1 Å².